The summed E-state index contributed by atoms with van der Waals surface area (Å²) >= 11 is 1.31. The molecule has 0 aliphatic heterocycles. The first kappa shape index (κ1) is 15.0. The molecule has 1 amide bonds. The Morgan fingerprint density at radius 3 is 3.15 bits per heavy atom. The molecule has 0 saturated heterocycles. The number of carbonyl (C=O) groups excluding carboxylic acids is 1. The summed E-state index contributed by atoms with van der Waals surface area (Å²) in [7, 11) is 0. The Hall–Kier alpha value is -1.42. The number of nitrogens with zero attached hydrogens (tertiary/aromatic N) is 1. The van der Waals surface area contributed by atoms with E-state index < -0.39 is 0 Å². The van der Waals surface area contributed by atoms with Crippen LogP contribution in [-0.2, 0) is 9.53 Å². The molecule has 2 rings (SSSR count). The lowest BCUT2D eigenvalue weighted by Crippen LogP contribution is -2.33. The maximum absolute atomic E-state index is 11.8. The first-order valence-corrected chi connectivity index (χ1v) is 7.50. The van der Waals surface area contributed by atoms with E-state index in [0.29, 0.717) is 23.6 Å². The molecule has 0 spiro atoms. The summed E-state index contributed by atoms with van der Waals surface area (Å²) < 4.78 is 5.47. The number of anilines is 1. The second-order valence-electron chi connectivity index (χ2n) is 4.66. The highest BCUT2D eigenvalue weighted by molar-refractivity contribution is 7.16. The summed E-state index contributed by atoms with van der Waals surface area (Å²) in [6, 6.07) is 0. The molecule has 1 aliphatic carbocycles. The average molecular weight is 294 g/mol. The molecule has 20 heavy (non-hydrogen) atoms. The van der Waals surface area contributed by atoms with Crippen LogP contribution in [0.5, 0.6) is 0 Å². The van der Waals surface area contributed by atoms with Crippen molar-refractivity contribution >= 4 is 22.4 Å². The highest BCUT2D eigenvalue weighted by Crippen LogP contribution is 2.33. The number of rotatable bonds is 5. The molecule has 5 nitrogen and oxygen atoms in total. The van der Waals surface area contributed by atoms with E-state index >= 15 is 0 Å². The van der Waals surface area contributed by atoms with Crippen molar-refractivity contribution in [2.75, 3.05) is 18.5 Å². The highest BCUT2D eigenvalue weighted by Gasteiger charge is 2.31. The van der Waals surface area contributed by atoms with Gasteiger partial charge in [-0.25, -0.2) is 4.98 Å². The van der Waals surface area contributed by atoms with Gasteiger partial charge in [0.25, 0.3) is 0 Å². The molecule has 1 aliphatic rings. The molecule has 1 saturated carbocycles. The van der Waals surface area contributed by atoms with Gasteiger partial charge in [-0.2, -0.15) is 0 Å². The summed E-state index contributed by atoms with van der Waals surface area (Å²) in [5.41, 5.74) is 0. The zero-order valence-corrected chi connectivity index (χ0v) is 12.2. The average Bonchev–Trinajstić information content (AvgIpc) is 2.81. The van der Waals surface area contributed by atoms with Crippen molar-refractivity contribution in [1.29, 1.82) is 0 Å². The number of aliphatic hydroxyl groups is 1. The minimum absolute atomic E-state index is 0.0130. The number of carbonyl (C=O) groups is 1. The molecule has 1 aromatic rings. The first-order chi connectivity index (χ1) is 9.71. The van der Waals surface area contributed by atoms with Gasteiger partial charge in [-0.3, -0.25) is 4.79 Å². The molecular formula is C14H18N2O3S. The molecule has 1 fully saturated rings. The van der Waals surface area contributed by atoms with E-state index in [0.717, 1.165) is 24.3 Å². The van der Waals surface area contributed by atoms with Crippen LogP contribution in [0, 0.1) is 17.8 Å². The lowest BCUT2D eigenvalue weighted by atomic mass is 9.80. The third-order valence-corrected chi connectivity index (χ3v) is 3.94. The van der Waals surface area contributed by atoms with E-state index in [1.54, 1.807) is 6.20 Å². The van der Waals surface area contributed by atoms with Gasteiger partial charge in [0.2, 0.25) is 5.91 Å². The smallest absolute Gasteiger partial charge is 0.226 e. The van der Waals surface area contributed by atoms with Gasteiger partial charge < -0.3 is 15.2 Å². The van der Waals surface area contributed by atoms with Gasteiger partial charge in [-0.1, -0.05) is 23.2 Å². The molecule has 1 heterocycles. The fourth-order valence-electron chi connectivity index (χ4n) is 2.16. The molecule has 0 bridgehead atoms. The first-order valence-electron chi connectivity index (χ1n) is 6.68. The predicted molar refractivity (Wildman–Crippen MR) is 77.5 cm³/mol. The molecule has 6 heteroatoms. The van der Waals surface area contributed by atoms with Crippen molar-refractivity contribution in [3.63, 3.8) is 0 Å². The van der Waals surface area contributed by atoms with Crippen molar-refractivity contribution in [3.05, 3.63) is 11.1 Å². The Kier molecular flexibility index (Phi) is 5.53. The van der Waals surface area contributed by atoms with Crippen LogP contribution in [0.1, 0.15) is 31.1 Å². The monoisotopic (exact) mass is 294 g/mol. The second kappa shape index (κ2) is 7.39. The van der Waals surface area contributed by atoms with Crippen molar-refractivity contribution in [1.82, 2.24) is 4.98 Å². The number of amides is 1. The predicted octanol–water partition coefficient (Wildman–Crippen LogP) is 1.63. The second-order valence-corrected chi connectivity index (χ2v) is 5.69. The molecule has 1 aromatic heterocycles. The third-order valence-electron chi connectivity index (χ3n) is 3.11. The Labute approximate surface area is 122 Å². The van der Waals surface area contributed by atoms with Crippen LogP contribution in [0.2, 0.25) is 0 Å². The van der Waals surface area contributed by atoms with Crippen molar-refractivity contribution in [2.45, 2.75) is 32.3 Å². The van der Waals surface area contributed by atoms with Crippen LogP contribution in [0.15, 0.2) is 6.20 Å². The SMILES string of the molecule is CCOC1CC(CC(=O)Nc2ncc(C#CCO)s2)C1. The molecule has 108 valence electrons. The summed E-state index contributed by atoms with van der Waals surface area (Å²) in [5, 5.41) is 11.9. The van der Waals surface area contributed by atoms with E-state index in [9.17, 15) is 4.79 Å². The van der Waals surface area contributed by atoms with Crippen molar-refractivity contribution < 1.29 is 14.6 Å². The molecular weight excluding hydrogens is 276 g/mol. The van der Waals surface area contributed by atoms with E-state index in [1.165, 1.54) is 11.3 Å². The minimum atomic E-state index is -0.178. The lowest BCUT2D eigenvalue weighted by molar-refractivity contribution is -0.119. The number of aromatic nitrogens is 1. The fourth-order valence-corrected chi connectivity index (χ4v) is 2.87. The Balaban J connectivity index is 1.73. The zero-order valence-electron chi connectivity index (χ0n) is 11.4. The van der Waals surface area contributed by atoms with E-state index in [1.807, 2.05) is 6.92 Å². The summed E-state index contributed by atoms with van der Waals surface area (Å²) in [5.74, 6) is 5.71. The molecule has 0 unspecified atom stereocenters. The van der Waals surface area contributed by atoms with Crippen LogP contribution >= 0.6 is 11.3 Å². The number of hydrogen-bond acceptors (Lipinski definition) is 5. The number of hydrogen-bond donors (Lipinski definition) is 2. The Bertz CT molecular complexity index is 512. The van der Waals surface area contributed by atoms with Crippen molar-refractivity contribution in [3.8, 4) is 11.8 Å². The molecule has 0 radical (unpaired) electrons. The standard InChI is InChI=1S/C14H18N2O3S/c1-2-19-11-6-10(7-11)8-13(18)16-14-15-9-12(20-14)4-3-5-17/h9-11,17H,2,5-8H2,1H3,(H,15,16,18). The fraction of sp³-hybridized carbons (Fsp3) is 0.571. The zero-order chi connectivity index (χ0) is 14.4. The Morgan fingerprint density at radius 2 is 2.45 bits per heavy atom. The maximum Gasteiger partial charge on any atom is 0.226 e. The third kappa shape index (κ3) is 4.30. The largest absolute Gasteiger partial charge is 0.384 e. The van der Waals surface area contributed by atoms with Gasteiger partial charge in [0.05, 0.1) is 17.2 Å². The normalized spacial score (nSPS) is 20.7. The number of thiazole rings is 1. The summed E-state index contributed by atoms with van der Waals surface area (Å²) in [6.07, 6.45) is 4.37. The van der Waals surface area contributed by atoms with Crippen molar-refractivity contribution in [2.24, 2.45) is 5.92 Å². The van der Waals surface area contributed by atoms with Gasteiger partial charge in [-0.15, -0.1) is 0 Å². The van der Waals surface area contributed by atoms with Gasteiger partial charge in [0, 0.05) is 13.0 Å². The van der Waals surface area contributed by atoms with Crippen LogP contribution in [0.25, 0.3) is 0 Å². The van der Waals surface area contributed by atoms with E-state index in [4.69, 9.17) is 9.84 Å². The minimum Gasteiger partial charge on any atom is -0.384 e. The number of nitrogens with one attached hydrogen (secondary N) is 1. The molecule has 0 atom stereocenters. The topological polar surface area (TPSA) is 71.5 Å². The van der Waals surface area contributed by atoms with Crippen LogP contribution in [0.3, 0.4) is 0 Å². The van der Waals surface area contributed by atoms with Gasteiger partial charge in [0.15, 0.2) is 5.13 Å². The molecule has 0 aromatic carbocycles. The summed E-state index contributed by atoms with van der Waals surface area (Å²) in [6.45, 7) is 2.54. The summed E-state index contributed by atoms with van der Waals surface area (Å²) in [4.78, 5) is 16.7. The highest BCUT2D eigenvalue weighted by atomic mass is 32.1. The van der Waals surface area contributed by atoms with Gasteiger partial charge >= 0.3 is 0 Å². The van der Waals surface area contributed by atoms with E-state index in [-0.39, 0.29) is 12.5 Å². The molecule has 2 N–H and O–H groups in total. The van der Waals surface area contributed by atoms with Gasteiger partial charge in [-0.05, 0) is 25.7 Å². The van der Waals surface area contributed by atoms with Crippen LogP contribution in [0.4, 0.5) is 5.13 Å². The quantitative estimate of drug-likeness (QED) is 0.810. The van der Waals surface area contributed by atoms with Crippen LogP contribution < -0.4 is 5.32 Å². The number of aliphatic hydroxyl groups excluding tert-OH is 1. The lowest BCUT2D eigenvalue weighted by Gasteiger charge is -2.34. The van der Waals surface area contributed by atoms with E-state index in [2.05, 4.69) is 22.1 Å². The Morgan fingerprint density at radius 1 is 1.65 bits per heavy atom. The van der Waals surface area contributed by atoms with Crippen LogP contribution in [-0.4, -0.2) is 35.3 Å². The maximum atomic E-state index is 11.8. The van der Waals surface area contributed by atoms with Gasteiger partial charge in [0.1, 0.15) is 6.61 Å². The number of ether oxygens (including phenoxy) is 1.